The number of anilines is 1. The Labute approximate surface area is 161 Å². The quantitative estimate of drug-likeness (QED) is 0.765. The van der Waals surface area contributed by atoms with Crippen LogP contribution in [-0.4, -0.2) is 55.2 Å². The second-order valence-corrected chi connectivity index (χ2v) is 7.89. The number of hydrogen-bond acceptors (Lipinski definition) is 5. The molecular formula is C18H19Cl2N2O4-. The Bertz CT molecular complexity index is 736. The van der Waals surface area contributed by atoms with Crippen LogP contribution in [0.2, 0.25) is 10.0 Å². The van der Waals surface area contributed by atoms with Crippen LogP contribution in [0.25, 0.3) is 0 Å². The maximum atomic E-state index is 12.9. The third-order valence-electron chi connectivity index (χ3n) is 5.69. The van der Waals surface area contributed by atoms with Crippen LogP contribution >= 0.6 is 23.2 Å². The normalized spacial score (nSPS) is 30.7. The van der Waals surface area contributed by atoms with Crippen molar-refractivity contribution < 1.29 is 19.4 Å². The molecule has 0 aliphatic carbocycles. The average Bonchev–Trinajstić information content (AvgIpc) is 3.25. The number of hydrogen-bond donors (Lipinski definition) is 0. The Kier molecular flexibility index (Phi) is 4.75. The number of carboxylic acids is 1. The topological polar surface area (TPSA) is 72.9 Å². The summed E-state index contributed by atoms with van der Waals surface area (Å²) in [6, 6.07) is 5.48. The molecule has 3 fully saturated rings. The number of rotatable bonds is 3. The maximum Gasteiger partial charge on any atom is 0.229 e. The molecule has 1 aromatic carbocycles. The Morgan fingerprint density at radius 1 is 1.00 bits per heavy atom. The van der Waals surface area contributed by atoms with Gasteiger partial charge in [0.25, 0.3) is 0 Å². The standard InChI is InChI=1S/C18H20Cl2N2O4/c19-11-2-1-10(9-12(11)20)21-5-7-22(8-6-21)17(23)15-13-3-4-14(26-13)16(15)18(24)25/h1-2,9,13-16H,3-8H2,(H,24,25)/p-1/t13-,14+,15-,16+/m1/s1. The number of aliphatic carboxylic acids is 1. The van der Waals surface area contributed by atoms with Crippen LogP contribution in [0, 0.1) is 11.8 Å². The van der Waals surface area contributed by atoms with Crippen LogP contribution in [-0.2, 0) is 14.3 Å². The molecule has 3 heterocycles. The fourth-order valence-corrected chi connectivity index (χ4v) is 4.66. The Hall–Kier alpha value is -1.50. The van der Waals surface area contributed by atoms with Crippen molar-refractivity contribution >= 4 is 40.8 Å². The van der Waals surface area contributed by atoms with E-state index >= 15 is 0 Å². The summed E-state index contributed by atoms with van der Waals surface area (Å²) in [7, 11) is 0. The lowest BCUT2D eigenvalue weighted by molar-refractivity contribution is -0.314. The number of amides is 1. The molecule has 8 heteroatoms. The highest BCUT2D eigenvalue weighted by atomic mass is 35.5. The van der Waals surface area contributed by atoms with E-state index in [0.29, 0.717) is 42.6 Å². The molecule has 4 atom stereocenters. The van der Waals surface area contributed by atoms with E-state index < -0.39 is 17.8 Å². The molecule has 0 unspecified atom stereocenters. The zero-order valence-corrected chi connectivity index (χ0v) is 15.6. The molecule has 0 spiro atoms. The van der Waals surface area contributed by atoms with Gasteiger partial charge >= 0.3 is 0 Å². The van der Waals surface area contributed by atoms with Crippen molar-refractivity contribution in [3.63, 3.8) is 0 Å². The van der Waals surface area contributed by atoms with Crippen LogP contribution in [0.3, 0.4) is 0 Å². The molecule has 0 aromatic heterocycles. The van der Waals surface area contributed by atoms with Gasteiger partial charge in [0.15, 0.2) is 0 Å². The lowest BCUT2D eigenvalue weighted by atomic mass is 9.78. The molecule has 0 N–H and O–H groups in total. The van der Waals surface area contributed by atoms with E-state index in [0.717, 1.165) is 12.1 Å². The second kappa shape index (κ2) is 6.91. The number of fused-ring (bicyclic) bond motifs is 2. The number of nitrogens with zero attached hydrogens (tertiary/aromatic N) is 2. The highest BCUT2D eigenvalue weighted by Crippen LogP contribution is 2.44. The Morgan fingerprint density at radius 2 is 1.65 bits per heavy atom. The van der Waals surface area contributed by atoms with Crippen LogP contribution in [0.5, 0.6) is 0 Å². The number of ether oxygens (including phenoxy) is 1. The molecule has 4 rings (SSSR count). The predicted molar refractivity (Wildman–Crippen MR) is 95.1 cm³/mol. The van der Waals surface area contributed by atoms with Crippen LogP contribution in [0.1, 0.15) is 12.8 Å². The summed E-state index contributed by atoms with van der Waals surface area (Å²) >= 11 is 12.0. The number of carbonyl (C=O) groups is 2. The molecule has 26 heavy (non-hydrogen) atoms. The molecule has 1 aromatic rings. The van der Waals surface area contributed by atoms with Crippen molar-refractivity contribution in [2.45, 2.75) is 25.0 Å². The minimum Gasteiger partial charge on any atom is -0.550 e. The van der Waals surface area contributed by atoms with Crippen LogP contribution < -0.4 is 10.0 Å². The molecule has 140 valence electrons. The van der Waals surface area contributed by atoms with Crippen molar-refractivity contribution in [1.82, 2.24) is 4.90 Å². The first-order valence-corrected chi connectivity index (χ1v) is 9.56. The number of piperazine rings is 1. The molecule has 6 nitrogen and oxygen atoms in total. The van der Waals surface area contributed by atoms with Gasteiger partial charge in [-0.2, -0.15) is 0 Å². The van der Waals surface area contributed by atoms with Crippen molar-refractivity contribution in [3.8, 4) is 0 Å². The molecule has 3 aliphatic rings. The summed E-state index contributed by atoms with van der Waals surface area (Å²) < 4.78 is 5.68. The molecule has 2 bridgehead atoms. The lowest BCUT2D eigenvalue weighted by Gasteiger charge is -2.39. The van der Waals surface area contributed by atoms with Crippen molar-refractivity contribution in [2.75, 3.05) is 31.1 Å². The van der Waals surface area contributed by atoms with Gasteiger partial charge in [0.05, 0.1) is 28.2 Å². The predicted octanol–water partition coefficient (Wildman–Crippen LogP) is 1.19. The maximum absolute atomic E-state index is 12.9. The van der Waals surface area contributed by atoms with Gasteiger partial charge < -0.3 is 24.4 Å². The van der Waals surface area contributed by atoms with Crippen LogP contribution in [0.15, 0.2) is 18.2 Å². The van der Waals surface area contributed by atoms with E-state index in [1.165, 1.54) is 0 Å². The highest BCUT2D eigenvalue weighted by molar-refractivity contribution is 6.42. The SMILES string of the molecule is O=C([O-])[C@@H]1[C@H](C(=O)N2CCN(c3ccc(Cl)c(Cl)c3)CC2)[C@H]2CC[C@@H]1O2. The van der Waals surface area contributed by atoms with Gasteiger partial charge in [0.2, 0.25) is 5.91 Å². The average molecular weight is 398 g/mol. The first-order chi connectivity index (χ1) is 12.5. The number of halogens is 2. The zero-order chi connectivity index (χ0) is 18.4. The second-order valence-electron chi connectivity index (χ2n) is 7.07. The third-order valence-corrected chi connectivity index (χ3v) is 6.43. The molecule has 1 amide bonds. The van der Waals surface area contributed by atoms with E-state index in [1.54, 1.807) is 11.0 Å². The number of carbonyl (C=O) groups excluding carboxylic acids is 2. The molecule has 0 radical (unpaired) electrons. The van der Waals surface area contributed by atoms with Crippen molar-refractivity contribution in [2.24, 2.45) is 11.8 Å². The summed E-state index contributed by atoms with van der Waals surface area (Å²) in [5.41, 5.74) is 0.961. The zero-order valence-electron chi connectivity index (χ0n) is 14.1. The van der Waals surface area contributed by atoms with Gasteiger partial charge in [-0.3, -0.25) is 4.79 Å². The van der Waals surface area contributed by atoms with Crippen LogP contribution in [0.4, 0.5) is 5.69 Å². The van der Waals surface area contributed by atoms with E-state index in [1.807, 2.05) is 12.1 Å². The molecular weight excluding hydrogens is 379 g/mol. The van der Waals surface area contributed by atoms with Gasteiger partial charge in [0.1, 0.15) is 0 Å². The molecule has 3 saturated heterocycles. The molecule has 3 aliphatic heterocycles. The van der Waals surface area contributed by atoms with Gasteiger partial charge in [0, 0.05) is 43.8 Å². The Balaban J connectivity index is 1.42. The summed E-state index contributed by atoms with van der Waals surface area (Å²) in [5, 5.41) is 12.5. The van der Waals surface area contributed by atoms with Gasteiger partial charge in [-0.1, -0.05) is 23.2 Å². The minimum atomic E-state index is -1.18. The fraction of sp³-hybridized carbons (Fsp3) is 0.556. The minimum absolute atomic E-state index is 0.125. The lowest BCUT2D eigenvalue weighted by Crippen LogP contribution is -2.54. The molecule has 0 saturated carbocycles. The first-order valence-electron chi connectivity index (χ1n) is 8.81. The summed E-state index contributed by atoms with van der Waals surface area (Å²) in [6.07, 6.45) is 0.770. The number of benzene rings is 1. The smallest absolute Gasteiger partial charge is 0.229 e. The summed E-state index contributed by atoms with van der Waals surface area (Å²) in [5.74, 6) is -2.74. The monoisotopic (exact) mass is 397 g/mol. The third kappa shape index (κ3) is 3.04. The highest BCUT2D eigenvalue weighted by Gasteiger charge is 2.53. The van der Waals surface area contributed by atoms with Crippen molar-refractivity contribution in [3.05, 3.63) is 28.2 Å². The summed E-state index contributed by atoms with van der Waals surface area (Å²) in [6.45, 7) is 2.38. The van der Waals surface area contributed by atoms with E-state index in [4.69, 9.17) is 27.9 Å². The van der Waals surface area contributed by atoms with Gasteiger partial charge in [-0.05, 0) is 31.0 Å². The van der Waals surface area contributed by atoms with E-state index in [9.17, 15) is 14.7 Å². The fourth-order valence-electron chi connectivity index (χ4n) is 4.37. The van der Waals surface area contributed by atoms with Gasteiger partial charge in [-0.25, -0.2) is 0 Å². The largest absolute Gasteiger partial charge is 0.550 e. The number of carboxylic acid groups (broad SMARTS) is 1. The van der Waals surface area contributed by atoms with Crippen molar-refractivity contribution in [1.29, 1.82) is 0 Å². The Morgan fingerprint density at radius 3 is 2.27 bits per heavy atom. The van der Waals surface area contributed by atoms with E-state index in [2.05, 4.69) is 4.90 Å². The first kappa shape index (κ1) is 17.9. The van der Waals surface area contributed by atoms with E-state index in [-0.39, 0.29) is 18.1 Å². The summed E-state index contributed by atoms with van der Waals surface area (Å²) in [4.78, 5) is 28.3. The van der Waals surface area contributed by atoms with Gasteiger partial charge in [-0.15, -0.1) is 0 Å².